The van der Waals surface area contributed by atoms with Crippen LogP contribution >= 0.6 is 0 Å². The number of aryl methyl sites for hydroxylation is 1. The minimum absolute atomic E-state index is 0.0374. The van der Waals surface area contributed by atoms with Crippen molar-refractivity contribution in [3.8, 4) is 0 Å². The molecule has 3 heterocycles. The number of piperidine rings is 1. The lowest BCUT2D eigenvalue weighted by Gasteiger charge is -2.33. The highest BCUT2D eigenvalue weighted by Crippen LogP contribution is 2.20. The lowest BCUT2D eigenvalue weighted by Crippen LogP contribution is -2.45. The van der Waals surface area contributed by atoms with Gasteiger partial charge >= 0.3 is 0 Å². The van der Waals surface area contributed by atoms with E-state index in [0.29, 0.717) is 30.0 Å². The Kier molecular flexibility index (Phi) is 4.47. The molecule has 1 aliphatic rings. The van der Waals surface area contributed by atoms with Crippen molar-refractivity contribution < 1.29 is 13.6 Å². The van der Waals surface area contributed by atoms with Crippen LogP contribution in [0, 0.1) is 18.6 Å². The summed E-state index contributed by atoms with van der Waals surface area (Å²) >= 11 is 0. The molecule has 1 amide bonds. The molecule has 1 aliphatic heterocycles. The van der Waals surface area contributed by atoms with Gasteiger partial charge in [-0.2, -0.15) is 5.10 Å². The largest absolute Gasteiger partial charge is 0.380 e. The average Bonchev–Trinajstić information content (AvgIpc) is 3.07. The fourth-order valence-corrected chi connectivity index (χ4v) is 3.39. The topological polar surface area (TPSA) is 62.5 Å². The zero-order valence-electron chi connectivity index (χ0n) is 14.8. The van der Waals surface area contributed by atoms with Crippen LogP contribution in [0.15, 0.2) is 36.8 Å². The molecule has 4 rings (SSSR count). The van der Waals surface area contributed by atoms with Crippen LogP contribution in [-0.2, 0) is 0 Å². The van der Waals surface area contributed by atoms with E-state index in [9.17, 15) is 13.6 Å². The van der Waals surface area contributed by atoms with E-state index in [0.717, 1.165) is 30.5 Å². The number of anilines is 1. The molecule has 0 saturated carbocycles. The van der Waals surface area contributed by atoms with Crippen LogP contribution in [0.5, 0.6) is 0 Å². The summed E-state index contributed by atoms with van der Waals surface area (Å²) in [6.45, 7) is 3.02. The number of halogens is 2. The zero-order valence-corrected chi connectivity index (χ0v) is 14.8. The second kappa shape index (κ2) is 6.94. The number of aromatic nitrogens is 3. The molecule has 1 atom stereocenters. The summed E-state index contributed by atoms with van der Waals surface area (Å²) in [5.74, 6) is -1.90. The Bertz CT molecular complexity index is 1000. The minimum atomic E-state index is -0.892. The summed E-state index contributed by atoms with van der Waals surface area (Å²) in [6.07, 6.45) is 6.73. The van der Waals surface area contributed by atoms with Gasteiger partial charge in [-0.1, -0.05) is 0 Å². The van der Waals surface area contributed by atoms with E-state index in [1.54, 1.807) is 15.6 Å². The van der Waals surface area contributed by atoms with Gasteiger partial charge in [0.15, 0.2) is 17.3 Å². The molecule has 1 fully saturated rings. The third-order valence-electron chi connectivity index (χ3n) is 4.71. The van der Waals surface area contributed by atoms with Crippen LogP contribution in [0.2, 0.25) is 0 Å². The number of nitrogens with zero attached hydrogens (tertiary/aromatic N) is 4. The first-order chi connectivity index (χ1) is 13.0. The first kappa shape index (κ1) is 17.4. The van der Waals surface area contributed by atoms with Crippen LogP contribution in [-0.4, -0.2) is 44.5 Å². The van der Waals surface area contributed by atoms with Crippen molar-refractivity contribution in [2.24, 2.45) is 0 Å². The van der Waals surface area contributed by atoms with Crippen molar-refractivity contribution in [2.45, 2.75) is 25.8 Å². The van der Waals surface area contributed by atoms with E-state index in [2.05, 4.69) is 15.4 Å². The maximum Gasteiger partial charge on any atom is 0.259 e. The van der Waals surface area contributed by atoms with Crippen molar-refractivity contribution in [3.63, 3.8) is 0 Å². The maximum absolute atomic E-state index is 13.4. The van der Waals surface area contributed by atoms with Crippen molar-refractivity contribution in [1.82, 2.24) is 19.5 Å². The molecule has 140 valence electrons. The van der Waals surface area contributed by atoms with E-state index < -0.39 is 11.6 Å². The van der Waals surface area contributed by atoms with Gasteiger partial charge < -0.3 is 10.2 Å². The SMILES string of the molecule is Cc1cnc2c(C(=O)N3CCCC(Nc4ccc(F)c(F)c4)C3)cnn2c1. The number of rotatable bonds is 3. The first-order valence-corrected chi connectivity index (χ1v) is 8.82. The molecule has 0 spiro atoms. The van der Waals surface area contributed by atoms with E-state index >= 15 is 0 Å². The van der Waals surface area contributed by atoms with Crippen LogP contribution in [0.4, 0.5) is 14.5 Å². The molecule has 3 aromatic rings. The number of nitrogens with one attached hydrogen (secondary N) is 1. The second-order valence-electron chi connectivity index (χ2n) is 6.82. The quantitative estimate of drug-likeness (QED) is 0.769. The molecular weight excluding hydrogens is 352 g/mol. The summed E-state index contributed by atoms with van der Waals surface area (Å²) in [7, 11) is 0. The number of amides is 1. The number of benzene rings is 1. The molecular formula is C19H19F2N5O. The fourth-order valence-electron chi connectivity index (χ4n) is 3.39. The summed E-state index contributed by atoms with van der Waals surface area (Å²) in [4.78, 5) is 19.0. The average molecular weight is 371 g/mol. The minimum Gasteiger partial charge on any atom is -0.380 e. The van der Waals surface area contributed by atoms with Crippen LogP contribution < -0.4 is 5.32 Å². The van der Waals surface area contributed by atoms with Gasteiger partial charge in [0.05, 0.1) is 6.20 Å². The monoisotopic (exact) mass is 371 g/mol. The van der Waals surface area contributed by atoms with Gasteiger partial charge in [0.25, 0.3) is 5.91 Å². The van der Waals surface area contributed by atoms with Crippen molar-refractivity contribution in [1.29, 1.82) is 0 Å². The Morgan fingerprint density at radius 2 is 2.11 bits per heavy atom. The van der Waals surface area contributed by atoms with Gasteiger partial charge in [0.2, 0.25) is 0 Å². The van der Waals surface area contributed by atoms with Crippen molar-refractivity contribution in [2.75, 3.05) is 18.4 Å². The van der Waals surface area contributed by atoms with Gasteiger partial charge in [0.1, 0.15) is 5.56 Å². The van der Waals surface area contributed by atoms with Crippen LogP contribution in [0.3, 0.4) is 0 Å². The maximum atomic E-state index is 13.4. The Balaban J connectivity index is 1.50. The van der Waals surface area contributed by atoms with E-state index in [1.165, 1.54) is 12.3 Å². The number of fused-ring (bicyclic) bond motifs is 1. The van der Waals surface area contributed by atoms with Crippen molar-refractivity contribution in [3.05, 3.63) is 59.6 Å². The van der Waals surface area contributed by atoms with Gasteiger partial charge in [-0.05, 0) is 37.5 Å². The van der Waals surface area contributed by atoms with Crippen LogP contribution in [0.25, 0.3) is 5.65 Å². The molecule has 1 saturated heterocycles. The zero-order chi connectivity index (χ0) is 19.0. The third kappa shape index (κ3) is 3.47. The molecule has 0 radical (unpaired) electrons. The molecule has 2 aromatic heterocycles. The van der Waals surface area contributed by atoms with Crippen LogP contribution in [0.1, 0.15) is 28.8 Å². The van der Waals surface area contributed by atoms with Gasteiger partial charge in [-0.25, -0.2) is 18.3 Å². The highest BCUT2D eigenvalue weighted by atomic mass is 19.2. The lowest BCUT2D eigenvalue weighted by molar-refractivity contribution is 0.0716. The molecule has 0 aliphatic carbocycles. The Hall–Kier alpha value is -3.03. The Morgan fingerprint density at radius 1 is 1.26 bits per heavy atom. The fraction of sp³-hybridized carbons (Fsp3) is 0.316. The summed E-state index contributed by atoms with van der Waals surface area (Å²) in [6, 6.07) is 3.69. The number of carbonyl (C=O) groups is 1. The second-order valence-corrected chi connectivity index (χ2v) is 6.82. The number of carbonyl (C=O) groups excluding carboxylic acids is 1. The van der Waals surface area contributed by atoms with Gasteiger partial charge in [-0.3, -0.25) is 4.79 Å². The van der Waals surface area contributed by atoms with E-state index in [4.69, 9.17) is 0 Å². The van der Waals surface area contributed by atoms with Crippen molar-refractivity contribution >= 4 is 17.2 Å². The lowest BCUT2D eigenvalue weighted by atomic mass is 10.0. The van der Waals surface area contributed by atoms with E-state index in [-0.39, 0.29) is 11.9 Å². The molecule has 27 heavy (non-hydrogen) atoms. The number of hydrogen-bond donors (Lipinski definition) is 1. The molecule has 8 heteroatoms. The Morgan fingerprint density at radius 3 is 2.93 bits per heavy atom. The predicted molar refractivity (Wildman–Crippen MR) is 96.6 cm³/mol. The highest BCUT2D eigenvalue weighted by Gasteiger charge is 2.27. The number of likely N-dealkylation sites (tertiary alicyclic amines) is 1. The molecule has 6 nitrogen and oxygen atoms in total. The third-order valence-corrected chi connectivity index (χ3v) is 4.71. The number of hydrogen-bond acceptors (Lipinski definition) is 4. The first-order valence-electron chi connectivity index (χ1n) is 8.82. The summed E-state index contributed by atoms with van der Waals surface area (Å²) < 4.78 is 28.1. The summed E-state index contributed by atoms with van der Waals surface area (Å²) in [5.41, 5.74) is 2.45. The summed E-state index contributed by atoms with van der Waals surface area (Å²) in [5, 5.41) is 7.40. The molecule has 1 N–H and O–H groups in total. The predicted octanol–water partition coefficient (Wildman–Crippen LogP) is 3.03. The van der Waals surface area contributed by atoms with Gasteiger partial charge in [-0.15, -0.1) is 0 Å². The Labute approximate surface area is 154 Å². The van der Waals surface area contributed by atoms with Gasteiger partial charge in [0, 0.05) is 43.3 Å². The highest BCUT2D eigenvalue weighted by molar-refractivity contribution is 5.99. The molecule has 1 aromatic carbocycles. The van der Waals surface area contributed by atoms with E-state index in [1.807, 2.05) is 13.1 Å². The molecule has 0 bridgehead atoms. The smallest absolute Gasteiger partial charge is 0.259 e. The standard InChI is InChI=1S/C19H19F2N5O/c1-12-8-22-18-15(9-23-26(18)10-12)19(27)25-6-2-3-14(11-25)24-13-4-5-16(20)17(21)7-13/h4-5,7-10,14,24H,2-3,6,11H2,1H3. The molecule has 1 unspecified atom stereocenters. The normalized spacial score (nSPS) is 17.3.